The summed E-state index contributed by atoms with van der Waals surface area (Å²) in [5.74, 6) is 0.910. The molecule has 0 saturated heterocycles. The van der Waals surface area contributed by atoms with Crippen molar-refractivity contribution in [3.05, 3.63) is 22.8 Å². The molecular formula is C11H17N5O. The maximum absolute atomic E-state index is 9.80. The lowest BCUT2D eigenvalue weighted by molar-refractivity contribution is 0.160. The number of aliphatic hydroxyl groups excluding tert-OH is 1. The Morgan fingerprint density at radius 3 is 2.65 bits per heavy atom. The van der Waals surface area contributed by atoms with Gasteiger partial charge in [0.15, 0.2) is 5.82 Å². The van der Waals surface area contributed by atoms with Crippen LogP contribution in [0.5, 0.6) is 0 Å². The van der Waals surface area contributed by atoms with E-state index in [1.807, 2.05) is 20.8 Å². The van der Waals surface area contributed by atoms with Crippen molar-refractivity contribution in [2.75, 3.05) is 6.54 Å². The van der Waals surface area contributed by atoms with Gasteiger partial charge in [0, 0.05) is 11.4 Å². The Morgan fingerprint density at radius 1 is 1.29 bits per heavy atom. The molecule has 2 aromatic heterocycles. The van der Waals surface area contributed by atoms with E-state index in [0.717, 1.165) is 17.0 Å². The van der Waals surface area contributed by atoms with Crippen LogP contribution in [0.4, 0.5) is 0 Å². The number of rotatable bonds is 3. The second-order valence-corrected chi connectivity index (χ2v) is 4.18. The molecule has 2 heterocycles. The molecule has 17 heavy (non-hydrogen) atoms. The fraction of sp³-hybridized carbons (Fsp3) is 0.545. The summed E-state index contributed by atoms with van der Waals surface area (Å²) in [6.07, 6.45) is -0.268. The van der Waals surface area contributed by atoms with Crippen LogP contribution in [-0.4, -0.2) is 31.2 Å². The first kappa shape index (κ1) is 11.9. The molecule has 0 aliphatic heterocycles. The minimum Gasteiger partial charge on any atom is -0.385 e. The van der Waals surface area contributed by atoms with Gasteiger partial charge < -0.3 is 10.8 Å². The van der Waals surface area contributed by atoms with Gasteiger partial charge in [-0.25, -0.2) is 9.50 Å². The van der Waals surface area contributed by atoms with Crippen molar-refractivity contribution in [3.8, 4) is 0 Å². The Bertz CT molecular complexity index is 548. The van der Waals surface area contributed by atoms with E-state index < -0.39 is 6.10 Å². The van der Waals surface area contributed by atoms with Crippen molar-refractivity contribution in [2.24, 2.45) is 5.73 Å². The van der Waals surface area contributed by atoms with Crippen LogP contribution in [0.3, 0.4) is 0 Å². The molecule has 3 N–H and O–H groups in total. The third-order valence-corrected chi connectivity index (χ3v) is 3.02. The van der Waals surface area contributed by atoms with Gasteiger partial charge in [0.25, 0.3) is 5.78 Å². The van der Waals surface area contributed by atoms with E-state index in [4.69, 9.17) is 5.73 Å². The van der Waals surface area contributed by atoms with Crippen LogP contribution in [0.1, 0.15) is 35.3 Å². The van der Waals surface area contributed by atoms with Gasteiger partial charge in [-0.3, -0.25) is 0 Å². The van der Waals surface area contributed by atoms with Crippen molar-refractivity contribution in [1.29, 1.82) is 0 Å². The molecular weight excluding hydrogens is 218 g/mol. The summed E-state index contributed by atoms with van der Waals surface area (Å²) in [6.45, 7) is 6.30. The first-order chi connectivity index (χ1) is 8.04. The maximum atomic E-state index is 9.80. The maximum Gasteiger partial charge on any atom is 0.252 e. The molecule has 0 spiro atoms. The summed E-state index contributed by atoms with van der Waals surface area (Å²) in [7, 11) is 0. The monoisotopic (exact) mass is 235 g/mol. The summed E-state index contributed by atoms with van der Waals surface area (Å²) in [6, 6.07) is 0. The van der Waals surface area contributed by atoms with E-state index in [9.17, 15) is 5.11 Å². The molecule has 0 saturated carbocycles. The molecule has 6 heteroatoms. The van der Waals surface area contributed by atoms with Crippen molar-refractivity contribution in [1.82, 2.24) is 19.6 Å². The fourth-order valence-electron chi connectivity index (χ4n) is 1.70. The predicted octanol–water partition coefficient (Wildman–Crippen LogP) is 0.432. The molecule has 92 valence electrons. The Labute approximate surface area is 99.5 Å². The Kier molecular flexibility index (Phi) is 3.08. The molecule has 0 fully saturated rings. The minimum absolute atomic E-state index is 0.385. The third kappa shape index (κ3) is 2.01. The Morgan fingerprint density at radius 2 is 2.00 bits per heavy atom. The highest BCUT2D eigenvalue weighted by Crippen LogP contribution is 2.16. The molecule has 2 aromatic rings. The number of hydrogen-bond donors (Lipinski definition) is 2. The molecule has 6 nitrogen and oxygen atoms in total. The zero-order valence-electron chi connectivity index (χ0n) is 10.3. The van der Waals surface area contributed by atoms with Crippen LogP contribution in [0.15, 0.2) is 0 Å². The minimum atomic E-state index is -0.721. The van der Waals surface area contributed by atoms with E-state index >= 15 is 0 Å². The van der Waals surface area contributed by atoms with Crippen LogP contribution in [-0.2, 0) is 0 Å². The van der Waals surface area contributed by atoms with E-state index in [0.29, 0.717) is 24.6 Å². The summed E-state index contributed by atoms with van der Waals surface area (Å²) < 4.78 is 1.66. The molecule has 0 aromatic carbocycles. The number of fused-ring (bicyclic) bond motifs is 1. The first-order valence-corrected chi connectivity index (χ1v) is 5.63. The zero-order chi connectivity index (χ0) is 12.6. The summed E-state index contributed by atoms with van der Waals surface area (Å²) >= 11 is 0. The number of nitrogens with zero attached hydrogens (tertiary/aromatic N) is 4. The number of nitrogens with two attached hydrogens (primary N) is 1. The molecule has 0 aliphatic carbocycles. The molecule has 2 rings (SSSR count). The van der Waals surface area contributed by atoms with Crippen molar-refractivity contribution in [3.63, 3.8) is 0 Å². The van der Waals surface area contributed by atoms with Gasteiger partial charge in [-0.15, -0.1) is 5.10 Å². The summed E-state index contributed by atoms with van der Waals surface area (Å²) in [4.78, 5) is 8.58. The van der Waals surface area contributed by atoms with Gasteiger partial charge in [-0.2, -0.15) is 4.98 Å². The summed E-state index contributed by atoms with van der Waals surface area (Å²) in [5, 5.41) is 14.1. The smallest absolute Gasteiger partial charge is 0.252 e. The van der Waals surface area contributed by atoms with Crippen LogP contribution < -0.4 is 5.73 Å². The van der Waals surface area contributed by atoms with Crippen LogP contribution in [0, 0.1) is 20.8 Å². The van der Waals surface area contributed by atoms with Crippen LogP contribution in [0.2, 0.25) is 0 Å². The highest BCUT2D eigenvalue weighted by Gasteiger charge is 2.16. The molecule has 0 amide bonds. The lowest BCUT2D eigenvalue weighted by Crippen LogP contribution is -2.08. The zero-order valence-corrected chi connectivity index (χ0v) is 10.3. The average Bonchev–Trinajstić information content (AvgIpc) is 2.70. The van der Waals surface area contributed by atoms with Crippen molar-refractivity contribution >= 4 is 5.78 Å². The van der Waals surface area contributed by atoms with Crippen LogP contribution in [0.25, 0.3) is 5.78 Å². The normalized spacial score (nSPS) is 13.2. The number of aliphatic hydroxyl groups is 1. The van der Waals surface area contributed by atoms with Gasteiger partial charge in [-0.05, 0) is 39.3 Å². The van der Waals surface area contributed by atoms with Crippen molar-refractivity contribution in [2.45, 2.75) is 33.3 Å². The fourth-order valence-corrected chi connectivity index (χ4v) is 1.70. The summed E-state index contributed by atoms with van der Waals surface area (Å²) in [5.41, 5.74) is 8.41. The predicted molar refractivity (Wildman–Crippen MR) is 63.6 cm³/mol. The second-order valence-electron chi connectivity index (χ2n) is 4.18. The van der Waals surface area contributed by atoms with E-state index in [1.54, 1.807) is 4.52 Å². The second kappa shape index (κ2) is 4.38. The standard InChI is InChI=1S/C11H17N5O/c1-6-7(2)13-11-14-10(9(17)4-5-12)15-16(11)8(6)3/h9,17H,4-5,12H2,1-3H3. The molecule has 1 unspecified atom stereocenters. The molecule has 0 bridgehead atoms. The van der Waals surface area contributed by atoms with Crippen molar-refractivity contribution < 1.29 is 5.11 Å². The molecule has 1 atom stereocenters. The van der Waals surface area contributed by atoms with Gasteiger partial charge in [0.2, 0.25) is 0 Å². The lowest BCUT2D eigenvalue weighted by atomic mass is 10.2. The molecule has 0 radical (unpaired) electrons. The average molecular weight is 235 g/mol. The highest BCUT2D eigenvalue weighted by atomic mass is 16.3. The highest BCUT2D eigenvalue weighted by molar-refractivity contribution is 5.36. The van der Waals surface area contributed by atoms with E-state index in [1.165, 1.54) is 0 Å². The van der Waals surface area contributed by atoms with Gasteiger partial charge in [-0.1, -0.05) is 0 Å². The third-order valence-electron chi connectivity index (χ3n) is 3.02. The van der Waals surface area contributed by atoms with Crippen LogP contribution >= 0.6 is 0 Å². The van der Waals surface area contributed by atoms with E-state index in [-0.39, 0.29) is 0 Å². The lowest BCUT2D eigenvalue weighted by Gasteiger charge is -2.04. The molecule has 0 aliphatic rings. The quantitative estimate of drug-likeness (QED) is 0.805. The topological polar surface area (TPSA) is 89.3 Å². The number of aromatic nitrogens is 4. The Balaban J connectivity index is 2.54. The van der Waals surface area contributed by atoms with E-state index in [2.05, 4.69) is 15.1 Å². The Hall–Kier alpha value is -1.53. The first-order valence-electron chi connectivity index (χ1n) is 5.63. The van der Waals surface area contributed by atoms with Gasteiger partial charge in [0.1, 0.15) is 6.10 Å². The largest absolute Gasteiger partial charge is 0.385 e. The van der Waals surface area contributed by atoms with Gasteiger partial charge in [0.05, 0.1) is 0 Å². The van der Waals surface area contributed by atoms with Gasteiger partial charge >= 0.3 is 0 Å². The number of aryl methyl sites for hydroxylation is 2. The SMILES string of the molecule is Cc1nc2nc(C(O)CCN)nn2c(C)c1C. The number of hydrogen-bond acceptors (Lipinski definition) is 5.